The van der Waals surface area contributed by atoms with Gasteiger partial charge in [-0.1, -0.05) is 29.8 Å². The van der Waals surface area contributed by atoms with Gasteiger partial charge in [-0.3, -0.25) is 4.79 Å². The highest BCUT2D eigenvalue weighted by Crippen LogP contribution is 2.31. The van der Waals surface area contributed by atoms with Crippen molar-refractivity contribution in [1.29, 1.82) is 0 Å². The van der Waals surface area contributed by atoms with Crippen LogP contribution in [0.15, 0.2) is 41.0 Å². The van der Waals surface area contributed by atoms with E-state index in [1.807, 2.05) is 46.6 Å². The van der Waals surface area contributed by atoms with Crippen LogP contribution in [0.2, 0.25) is 5.02 Å². The number of nitrogens with one attached hydrogen (secondary N) is 1. The number of carbonyl (C=O) groups excluding carboxylic acids is 1. The molecule has 0 radical (unpaired) electrons. The Morgan fingerprint density at radius 1 is 1.23 bits per heavy atom. The van der Waals surface area contributed by atoms with Crippen molar-refractivity contribution >= 4 is 56.7 Å². The van der Waals surface area contributed by atoms with E-state index in [0.29, 0.717) is 10.9 Å². The Morgan fingerprint density at radius 2 is 2.03 bits per heavy atom. The quantitative estimate of drug-likeness (QED) is 0.526. The average molecular weight is 521 g/mol. The summed E-state index contributed by atoms with van der Waals surface area (Å²) in [5.74, 6) is 3.52. The van der Waals surface area contributed by atoms with Crippen LogP contribution in [0, 0.1) is 5.92 Å². The third kappa shape index (κ3) is 4.30. The minimum atomic E-state index is 0.217. The highest BCUT2D eigenvalue weighted by atomic mass is 79.9. The monoisotopic (exact) mass is 519 g/mol. The first-order chi connectivity index (χ1) is 15.1. The molecule has 2 aliphatic rings. The summed E-state index contributed by atoms with van der Waals surface area (Å²) in [4.78, 5) is 19.6. The molecule has 1 unspecified atom stereocenters. The third-order valence-electron chi connectivity index (χ3n) is 6.02. The molecule has 6 nitrogen and oxygen atoms in total. The van der Waals surface area contributed by atoms with Crippen LogP contribution in [-0.2, 0) is 4.79 Å². The number of nitrogens with zero attached hydrogens (tertiary/aromatic N) is 4. The SMILES string of the molecule is O=C(C1CCSC1)N1CCC(Nc2cc(-c3ccccc3Cl)nc3c(Br)cnn23)CC1. The van der Waals surface area contributed by atoms with Gasteiger partial charge in [0.25, 0.3) is 0 Å². The van der Waals surface area contributed by atoms with Gasteiger partial charge in [0.1, 0.15) is 5.82 Å². The average Bonchev–Trinajstić information content (AvgIpc) is 3.45. The summed E-state index contributed by atoms with van der Waals surface area (Å²) in [5, 5.41) is 8.80. The van der Waals surface area contributed by atoms with E-state index in [1.54, 1.807) is 6.20 Å². The van der Waals surface area contributed by atoms with E-state index in [0.717, 1.165) is 71.1 Å². The number of hydrogen-bond donors (Lipinski definition) is 1. The molecule has 1 aromatic carbocycles. The number of hydrogen-bond acceptors (Lipinski definition) is 5. The zero-order valence-corrected chi connectivity index (χ0v) is 20.1. The standard InChI is InChI=1S/C22H23BrClN5OS/c23-17-12-25-29-20(11-19(27-21(17)29)16-3-1-2-4-18(16)24)26-15-5-8-28(9-6-15)22(30)14-7-10-31-13-14/h1-4,11-12,14-15,26H,5-10,13H2. The van der Waals surface area contributed by atoms with Gasteiger partial charge in [-0.25, -0.2) is 4.98 Å². The van der Waals surface area contributed by atoms with Crippen LogP contribution in [0.5, 0.6) is 0 Å². The van der Waals surface area contributed by atoms with Gasteiger partial charge >= 0.3 is 0 Å². The number of piperidine rings is 1. The number of fused-ring (bicyclic) bond motifs is 1. The molecule has 2 fully saturated rings. The molecular weight excluding hydrogens is 498 g/mol. The number of anilines is 1. The normalized spacial score (nSPS) is 19.8. The molecule has 4 heterocycles. The Hall–Kier alpha value is -1.77. The fraction of sp³-hybridized carbons (Fsp3) is 0.409. The molecule has 162 valence electrons. The van der Waals surface area contributed by atoms with Crippen LogP contribution in [0.1, 0.15) is 19.3 Å². The van der Waals surface area contributed by atoms with Gasteiger partial charge in [0.05, 0.1) is 16.4 Å². The van der Waals surface area contributed by atoms with Gasteiger partial charge in [-0.05, 0) is 47.0 Å². The summed E-state index contributed by atoms with van der Waals surface area (Å²) >= 11 is 11.9. The number of halogens is 2. The van der Waals surface area contributed by atoms with Crippen molar-refractivity contribution in [1.82, 2.24) is 19.5 Å². The number of likely N-dealkylation sites (tertiary alicyclic amines) is 1. The first-order valence-electron chi connectivity index (χ1n) is 10.5. The van der Waals surface area contributed by atoms with Crippen LogP contribution in [0.4, 0.5) is 5.82 Å². The maximum absolute atomic E-state index is 12.7. The molecule has 2 saturated heterocycles. The molecule has 31 heavy (non-hydrogen) atoms. The van der Waals surface area contributed by atoms with Gasteiger partial charge in [-0.15, -0.1) is 0 Å². The van der Waals surface area contributed by atoms with Crippen molar-refractivity contribution in [3.63, 3.8) is 0 Å². The van der Waals surface area contributed by atoms with Crippen LogP contribution in [-0.4, -0.2) is 56.0 Å². The Bertz CT molecular complexity index is 1110. The Labute approximate surface area is 198 Å². The summed E-state index contributed by atoms with van der Waals surface area (Å²) in [7, 11) is 0. The Kier molecular flexibility index (Phi) is 6.12. The highest BCUT2D eigenvalue weighted by molar-refractivity contribution is 9.10. The number of amides is 1. The molecule has 3 aromatic rings. The fourth-order valence-corrected chi connectivity index (χ4v) is 6.08. The molecule has 0 bridgehead atoms. The molecule has 0 aliphatic carbocycles. The van der Waals surface area contributed by atoms with Crippen LogP contribution in [0.3, 0.4) is 0 Å². The molecule has 0 saturated carbocycles. The molecule has 0 spiro atoms. The summed E-state index contributed by atoms with van der Waals surface area (Å²) in [6.45, 7) is 1.60. The molecule has 2 aromatic heterocycles. The number of benzene rings is 1. The van der Waals surface area contributed by atoms with Crippen molar-refractivity contribution in [2.24, 2.45) is 5.92 Å². The Morgan fingerprint density at radius 3 is 2.77 bits per heavy atom. The van der Waals surface area contributed by atoms with Crippen LogP contribution >= 0.6 is 39.3 Å². The van der Waals surface area contributed by atoms with Crippen LogP contribution in [0.25, 0.3) is 16.9 Å². The van der Waals surface area contributed by atoms with E-state index in [4.69, 9.17) is 16.6 Å². The number of carbonyl (C=O) groups is 1. The predicted octanol–water partition coefficient (Wildman–Crippen LogP) is 4.97. The topological polar surface area (TPSA) is 62.5 Å². The number of aromatic nitrogens is 3. The largest absolute Gasteiger partial charge is 0.367 e. The molecule has 5 rings (SSSR count). The van der Waals surface area contributed by atoms with E-state index >= 15 is 0 Å². The molecule has 1 N–H and O–H groups in total. The maximum Gasteiger partial charge on any atom is 0.226 e. The lowest BCUT2D eigenvalue weighted by Crippen LogP contribution is -2.45. The maximum atomic E-state index is 12.7. The second kappa shape index (κ2) is 9.00. The van der Waals surface area contributed by atoms with Gasteiger partial charge in [0.15, 0.2) is 5.65 Å². The minimum Gasteiger partial charge on any atom is -0.367 e. The third-order valence-corrected chi connectivity index (χ3v) is 8.07. The summed E-state index contributed by atoms with van der Waals surface area (Å²) in [6, 6.07) is 9.99. The van der Waals surface area contributed by atoms with E-state index < -0.39 is 0 Å². The molecule has 9 heteroatoms. The zero-order valence-electron chi connectivity index (χ0n) is 16.9. The van der Waals surface area contributed by atoms with E-state index in [2.05, 4.69) is 31.2 Å². The second-order valence-corrected chi connectivity index (χ2v) is 10.5. The van der Waals surface area contributed by atoms with Crippen molar-refractivity contribution < 1.29 is 4.79 Å². The lowest BCUT2D eigenvalue weighted by molar-refractivity contribution is -0.135. The van der Waals surface area contributed by atoms with E-state index in [1.165, 1.54) is 0 Å². The van der Waals surface area contributed by atoms with Crippen molar-refractivity contribution in [2.45, 2.75) is 25.3 Å². The molecule has 2 aliphatic heterocycles. The first-order valence-corrected chi connectivity index (χ1v) is 12.8. The van der Waals surface area contributed by atoms with Gasteiger partial charge < -0.3 is 10.2 Å². The molecular formula is C22H23BrClN5OS. The number of thioether (sulfide) groups is 1. The first kappa shape index (κ1) is 21.1. The Balaban J connectivity index is 1.36. The van der Waals surface area contributed by atoms with Crippen molar-refractivity contribution in [2.75, 3.05) is 29.9 Å². The lowest BCUT2D eigenvalue weighted by Gasteiger charge is -2.34. The van der Waals surface area contributed by atoms with Crippen LogP contribution < -0.4 is 5.32 Å². The smallest absolute Gasteiger partial charge is 0.226 e. The van der Waals surface area contributed by atoms with E-state index in [-0.39, 0.29) is 12.0 Å². The molecule has 1 amide bonds. The lowest BCUT2D eigenvalue weighted by atomic mass is 10.0. The van der Waals surface area contributed by atoms with Gasteiger partial charge in [0.2, 0.25) is 5.91 Å². The summed E-state index contributed by atoms with van der Waals surface area (Å²) in [5.41, 5.74) is 2.43. The van der Waals surface area contributed by atoms with Crippen molar-refractivity contribution in [3.8, 4) is 11.3 Å². The second-order valence-electron chi connectivity index (χ2n) is 8.04. The predicted molar refractivity (Wildman–Crippen MR) is 130 cm³/mol. The molecule has 1 atom stereocenters. The fourth-order valence-electron chi connectivity index (χ4n) is 4.29. The zero-order chi connectivity index (χ0) is 21.4. The highest BCUT2D eigenvalue weighted by Gasteiger charge is 2.30. The minimum absolute atomic E-state index is 0.217. The number of rotatable bonds is 4. The summed E-state index contributed by atoms with van der Waals surface area (Å²) < 4.78 is 2.65. The van der Waals surface area contributed by atoms with E-state index in [9.17, 15) is 4.79 Å². The summed E-state index contributed by atoms with van der Waals surface area (Å²) in [6.07, 6.45) is 4.61. The van der Waals surface area contributed by atoms with Crippen molar-refractivity contribution in [3.05, 3.63) is 46.0 Å². The van der Waals surface area contributed by atoms with Gasteiger partial charge in [0, 0.05) is 47.5 Å². The van der Waals surface area contributed by atoms with Gasteiger partial charge in [-0.2, -0.15) is 21.4 Å².